The third-order valence-corrected chi connectivity index (χ3v) is 4.04. The summed E-state index contributed by atoms with van der Waals surface area (Å²) >= 11 is 6.07. The van der Waals surface area contributed by atoms with Crippen LogP contribution in [0, 0.1) is 0 Å². The van der Waals surface area contributed by atoms with Crippen LogP contribution in [0.3, 0.4) is 0 Å². The van der Waals surface area contributed by atoms with E-state index in [0.29, 0.717) is 5.76 Å². The molecule has 4 nitrogen and oxygen atoms in total. The fourth-order valence-corrected chi connectivity index (χ4v) is 3.65. The van der Waals surface area contributed by atoms with Crippen molar-refractivity contribution < 1.29 is 14.0 Å². The highest BCUT2D eigenvalue weighted by Gasteiger charge is 2.60. The molecule has 0 fully saturated rings. The van der Waals surface area contributed by atoms with Crippen LogP contribution in [0.15, 0.2) is 35.3 Å². The van der Waals surface area contributed by atoms with Crippen molar-refractivity contribution in [1.82, 2.24) is 4.57 Å². The molecule has 1 aliphatic rings. The van der Waals surface area contributed by atoms with E-state index in [1.165, 1.54) is 0 Å². The minimum atomic E-state index is -2.00. The van der Waals surface area contributed by atoms with E-state index in [1.807, 2.05) is 45.6 Å². The van der Waals surface area contributed by atoms with Crippen LogP contribution in [0.5, 0.6) is 0 Å². The van der Waals surface area contributed by atoms with Crippen LogP contribution >= 0.6 is 11.6 Å². The van der Waals surface area contributed by atoms with Gasteiger partial charge in [0.15, 0.2) is 14.1 Å². The summed E-state index contributed by atoms with van der Waals surface area (Å²) in [5, 5.41) is 0.130. The van der Waals surface area contributed by atoms with Gasteiger partial charge in [-0.25, -0.2) is 0 Å². The maximum absolute atomic E-state index is 12.5. The highest BCUT2D eigenvalue weighted by atomic mass is 35.5. The molecule has 1 unspecified atom stereocenters. The molecule has 0 radical (unpaired) electrons. The van der Waals surface area contributed by atoms with Gasteiger partial charge < -0.3 is 13.7 Å². The molecule has 20 heavy (non-hydrogen) atoms. The zero-order valence-electron chi connectivity index (χ0n) is 12.4. The summed E-state index contributed by atoms with van der Waals surface area (Å²) in [6.45, 7) is 9.89. The van der Waals surface area contributed by atoms with Crippen molar-refractivity contribution in [2.45, 2.75) is 45.3 Å². The second-order valence-electron chi connectivity index (χ2n) is 6.09. The average molecular weight is 314 g/mol. The number of rotatable bonds is 5. The van der Waals surface area contributed by atoms with Gasteiger partial charge in [-0.1, -0.05) is 11.6 Å². The van der Waals surface area contributed by atoms with E-state index in [1.54, 1.807) is 17.0 Å². The van der Waals surface area contributed by atoms with E-state index in [9.17, 15) is 4.79 Å². The Kier molecular flexibility index (Phi) is 3.88. The number of ether oxygens (including phenoxy) is 1. The lowest BCUT2D eigenvalue weighted by Crippen LogP contribution is -2.58. The molecule has 0 saturated heterocycles. The van der Waals surface area contributed by atoms with E-state index < -0.39 is 14.0 Å². The zero-order valence-corrected chi connectivity index (χ0v) is 14.2. The van der Waals surface area contributed by atoms with Crippen LogP contribution in [0.25, 0.3) is 0 Å². The van der Waals surface area contributed by atoms with Crippen LogP contribution < -0.4 is 0 Å². The largest absolute Gasteiger partial charge is 0.488 e. The average Bonchev–Trinajstić information content (AvgIpc) is 2.85. The Hall–Kier alpha value is -1.04. The summed E-state index contributed by atoms with van der Waals surface area (Å²) in [5.74, 6) is 0.172. The first-order chi connectivity index (χ1) is 9.18. The van der Waals surface area contributed by atoms with Crippen molar-refractivity contribution >= 4 is 25.7 Å². The van der Waals surface area contributed by atoms with Gasteiger partial charge >= 0.3 is 0 Å². The minimum Gasteiger partial charge on any atom is -0.488 e. The standard InChI is InChI=1S/C14H20ClNO3Si/c1-10(2)18-13-11(15)12(17)14(13,19-20(3,4)5)16-8-6-7-9-16/h6-10H,1-5H3. The van der Waals surface area contributed by atoms with Crippen molar-refractivity contribution in [3.8, 4) is 0 Å². The maximum Gasteiger partial charge on any atom is 0.262 e. The van der Waals surface area contributed by atoms with Crippen molar-refractivity contribution in [2.24, 2.45) is 0 Å². The molecule has 0 aliphatic heterocycles. The van der Waals surface area contributed by atoms with Crippen LogP contribution in [-0.4, -0.2) is 24.8 Å². The van der Waals surface area contributed by atoms with Gasteiger partial charge in [0.1, 0.15) is 5.03 Å². The first-order valence-corrected chi connectivity index (χ1v) is 10.4. The van der Waals surface area contributed by atoms with Gasteiger partial charge in [0, 0.05) is 12.4 Å². The Morgan fingerprint density at radius 3 is 2.25 bits per heavy atom. The lowest BCUT2D eigenvalue weighted by Gasteiger charge is -2.45. The molecule has 1 aliphatic carbocycles. The van der Waals surface area contributed by atoms with Gasteiger partial charge in [-0.2, -0.15) is 0 Å². The third-order valence-electron chi connectivity index (χ3n) is 2.79. The normalized spacial score (nSPS) is 23.2. The second-order valence-corrected chi connectivity index (χ2v) is 10.9. The number of halogens is 1. The predicted octanol–water partition coefficient (Wildman–Crippen LogP) is 3.45. The lowest BCUT2D eigenvalue weighted by atomic mass is 9.93. The molecule has 6 heteroatoms. The third kappa shape index (κ3) is 2.45. The Labute approximate surface area is 125 Å². The first kappa shape index (κ1) is 15.3. The molecule has 0 N–H and O–H groups in total. The summed E-state index contributed by atoms with van der Waals surface area (Å²) in [6.07, 6.45) is 3.52. The molecule has 0 aromatic carbocycles. The van der Waals surface area contributed by atoms with Gasteiger partial charge in [0.25, 0.3) is 5.72 Å². The molecule has 110 valence electrons. The number of hydrogen-bond donors (Lipinski definition) is 0. The fraction of sp³-hybridized carbons (Fsp3) is 0.500. The predicted molar refractivity (Wildman–Crippen MR) is 80.9 cm³/mol. The van der Waals surface area contributed by atoms with Crippen LogP contribution in [0.1, 0.15) is 13.8 Å². The van der Waals surface area contributed by atoms with E-state index in [0.717, 1.165) is 0 Å². The molecule has 0 amide bonds. The van der Waals surface area contributed by atoms with Gasteiger partial charge in [-0.3, -0.25) is 4.79 Å². The number of carbonyl (C=O) groups is 1. The summed E-state index contributed by atoms with van der Waals surface area (Å²) < 4.78 is 13.7. The molecule has 0 saturated carbocycles. The van der Waals surface area contributed by atoms with Crippen LogP contribution in [-0.2, 0) is 19.7 Å². The highest BCUT2D eigenvalue weighted by Crippen LogP contribution is 2.47. The number of nitrogens with zero attached hydrogens (tertiary/aromatic N) is 1. The molecular formula is C14H20ClNO3Si. The molecule has 2 rings (SSSR count). The van der Waals surface area contributed by atoms with E-state index >= 15 is 0 Å². The molecule has 1 heterocycles. The zero-order chi connectivity index (χ0) is 15.1. The number of ketones is 1. The topological polar surface area (TPSA) is 40.5 Å². The summed E-state index contributed by atoms with van der Waals surface area (Å²) in [6, 6.07) is 3.70. The lowest BCUT2D eigenvalue weighted by molar-refractivity contribution is -0.149. The highest BCUT2D eigenvalue weighted by molar-refractivity contribution is 6.70. The smallest absolute Gasteiger partial charge is 0.262 e. The molecular weight excluding hydrogens is 294 g/mol. The molecule has 1 aromatic rings. The summed E-state index contributed by atoms with van der Waals surface area (Å²) in [5.41, 5.74) is -1.23. The van der Waals surface area contributed by atoms with Crippen molar-refractivity contribution in [2.75, 3.05) is 0 Å². The molecule has 1 aromatic heterocycles. The number of Topliss-reactive ketones (excluding diaryl/α,β-unsaturated/α-hetero) is 1. The monoisotopic (exact) mass is 313 g/mol. The van der Waals surface area contributed by atoms with Crippen molar-refractivity contribution in [3.63, 3.8) is 0 Å². The fourth-order valence-electron chi connectivity index (χ4n) is 2.18. The van der Waals surface area contributed by atoms with Crippen LogP contribution in [0.2, 0.25) is 19.6 Å². The first-order valence-electron chi connectivity index (χ1n) is 6.64. The summed E-state index contributed by atoms with van der Waals surface area (Å²) in [4.78, 5) is 12.5. The van der Waals surface area contributed by atoms with Gasteiger partial charge in [-0.15, -0.1) is 0 Å². The van der Waals surface area contributed by atoms with Crippen LogP contribution in [0.4, 0.5) is 0 Å². The molecule has 0 spiro atoms. The number of carbonyl (C=O) groups excluding carboxylic acids is 1. The number of hydrogen-bond acceptors (Lipinski definition) is 3. The Morgan fingerprint density at radius 2 is 1.80 bits per heavy atom. The number of aromatic nitrogens is 1. The van der Waals surface area contributed by atoms with Crippen molar-refractivity contribution in [1.29, 1.82) is 0 Å². The Balaban J connectivity index is 2.51. The summed E-state index contributed by atoms with van der Waals surface area (Å²) in [7, 11) is -2.00. The van der Waals surface area contributed by atoms with Crippen molar-refractivity contribution in [3.05, 3.63) is 35.3 Å². The minimum absolute atomic E-state index is 0.0768. The maximum atomic E-state index is 12.5. The van der Waals surface area contributed by atoms with Gasteiger partial charge in [0.2, 0.25) is 5.78 Å². The van der Waals surface area contributed by atoms with E-state index in [2.05, 4.69) is 0 Å². The second kappa shape index (κ2) is 5.06. The Bertz CT molecular complexity index is 545. The van der Waals surface area contributed by atoms with E-state index in [-0.39, 0.29) is 16.9 Å². The Morgan fingerprint density at radius 1 is 1.25 bits per heavy atom. The van der Waals surface area contributed by atoms with E-state index in [4.69, 9.17) is 20.8 Å². The molecule has 0 bridgehead atoms. The van der Waals surface area contributed by atoms with Gasteiger partial charge in [0.05, 0.1) is 6.10 Å². The molecule has 1 atom stereocenters. The quantitative estimate of drug-likeness (QED) is 0.782. The van der Waals surface area contributed by atoms with Gasteiger partial charge in [-0.05, 0) is 45.6 Å². The SMILES string of the molecule is CC(C)OC1=C(Cl)C(=O)C1(O[Si](C)(C)C)n1cccc1.